The third-order valence-electron chi connectivity index (χ3n) is 4.54. The molecule has 1 unspecified atom stereocenters. The summed E-state index contributed by atoms with van der Waals surface area (Å²) in [6.45, 7) is 0. The number of hydrogen-bond donors (Lipinski definition) is 0. The number of carbonyl (C=O) groups is 1. The molecular weight excluding hydrogens is 381 g/mol. The summed E-state index contributed by atoms with van der Waals surface area (Å²) in [6, 6.07) is 24.4. The van der Waals surface area contributed by atoms with Crippen LogP contribution in [0.5, 0.6) is 5.75 Å². The van der Waals surface area contributed by atoms with E-state index in [9.17, 15) is 9.36 Å². The molecule has 0 bridgehead atoms. The van der Waals surface area contributed by atoms with Crippen molar-refractivity contribution in [2.24, 2.45) is 0 Å². The lowest BCUT2D eigenvalue weighted by atomic mass is 10.1. The zero-order valence-electron chi connectivity index (χ0n) is 14.4. The molecular formula is C21H17ClNO3P. The average molecular weight is 398 g/mol. The van der Waals surface area contributed by atoms with Gasteiger partial charge in [-0.05, 0) is 29.8 Å². The fourth-order valence-corrected chi connectivity index (χ4v) is 5.99. The van der Waals surface area contributed by atoms with Gasteiger partial charge >= 0.3 is 7.52 Å². The summed E-state index contributed by atoms with van der Waals surface area (Å²) in [6.07, 6.45) is 0. The van der Waals surface area contributed by atoms with Crippen molar-refractivity contribution in [3.8, 4) is 5.75 Å². The molecule has 1 aliphatic heterocycles. The fourth-order valence-electron chi connectivity index (χ4n) is 3.23. The molecule has 0 saturated carbocycles. The number of amides is 1. The van der Waals surface area contributed by atoms with Crippen molar-refractivity contribution < 1.29 is 13.9 Å². The first-order valence-corrected chi connectivity index (χ1v) is 10.7. The molecule has 0 spiro atoms. The van der Waals surface area contributed by atoms with Crippen molar-refractivity contribution in [2.75, 3.05) is 5.88 Å². The molecule has 1 amide bonds. The first-order chi connectivity index (χ1) is 13.1. The van der Waals surface area contributed by atoms with Gasteiger partial charge in [-0.25, -0.2) is 9.24 Å². The van der Waals surface area contributed by atoms with Crippen molar-refractivity contribution in [1.29, 1.82) is 0 Å². The molecule has 0 N–H and O–H groups in total. The molecule has 6 heteroatoms. The van der Waals surface area contributed by atoms with E-state index in [0.29, 0.717) is 16.6 Å². The molecule has 3 aromatic rings. The predicted molar refractivity (Wildman–Crippen MR) is 107 cm³/mol. The van der Waals surface area contributed by atoms with Crippen LogP contribution in [0.4, 0.5) is 0 Å². The molecule has 1 heterocycles. The van der Waals surface area contributed by atoms with Crippen LogP contribution in [-0.2, 0) is 4.57 Å². The van der Waals surface area contributed by atoms with Gasteiger partial charge in [-0.1, -0.05) is 60.7 Å². The Hall–Kier alpha value is -2.55. The number of nitrogens with zero attached hydrogens (tertiary/aromatic N) is 1. The van der Waals surface area contributed by atoms with E-state index in [4.69, 9.17) is 16.1 Å². The number of carbonyl (C=O) groups excluding carboxylic acids is 1. The summed E-state index contributed by atoms with van der Waals surface area (Å²) in [7, 11) is -3.70. The summed E-state index contributed by atoms with van der Waals surface area (Å²) in [5.41, 5.74) is 1.19. The van der Waals surface area contributed by atoms with Crippen LogP contribution in [0, 0.1) is 0 Å². The Bertz CT molecular complexity index is 1010. The van der Waals surface area contributed by atoms with Gasteiger partial charge in [-0.15, -0.1) is 11.6 Å². The van der Waals surface area contributed by atoms with Crippen LogP contribution in [-0.4, -0.2) is 16.5 Å². The van der Waals surface area contributed by atoms with Gasteiger partial charge in [0.1, 0.15) is 5.75 Å². The van der Waals surface area contributed by atoms with Crippen LogP contribution in [0.25, 0.3) is 0 Å². The molecule has 136 valence electrons. The van der Waals surface area contributed by atoms with Crippen LogP contribution in [0.1, 0.15) is 22.0 Å². The van der Waals surface area contributed by atoms with Crippen molar-refractivity contribution in [3.05, 3.63) is 96.1 Å². The largest absolute Gasteiger partial charge is 0.425 e. The Kier molecular flexibility index (Phi) is 4.77. The fraction of sp³-hybridized carbons (Fsp3) is 0.0952. The van der Waals surface area contributed by atoms with Crippen molar-refractivity contribution in [3.63, 3.8) is 0 Å². The van der Waals surface area contributed by atoms with Crippen molar-refractivity contribution in [2.45, 2.75) is 6.04 Å². The van der Waals surface area contributed by atoms with Gasteiger partial charge in [0.25, 0.3) is 5.91 Å². The van der Waals surface area contributed by atoms with E-state index < -0.39 is 13.6 Å². The third kappa shape index (κ3) is 3.05. The summed E-state index contributed by atoms with van der Waals surface area (Å²) in [4.78, 5) is 13.4. The minimum absolute atomic E-state index is 0.0953. The smallest absolute Gasteiger partial charge is 0.377 e. The monoisotopic (exact) mass is 397 g/mol. The minimum Gasteiger partial charge on any atom is -0.425 e. The number of rotatable bonds is 4. The van der Waals surface area contributed by atoms with Gasteiger partial charge in [-0.3, -0.25) is 4.79 Å². The highest BCUT2D eigenvalue weighted by Crippen LogP contribution is 2.58. The molecule has 1 aliphatic rings. The Labute approximate surface area is 162 Å². The van der Waals surface area contributed by atoms with Gasteiger partial charge < -0.3 is 4.52 Å². The van der Waals surface area contributed by atoms with Gasteiger partial charge in [-0.2, -0.15) is 0 Å². The van der Waals surface area contributed by atoms with Gasteiger partial charge in [0.2, 0.25) is 0 Å². The number of fused-ring (bicyclic) bond motifs is 1. The maximum absolute atomic E-state index is 14.1. The van der Waals surface area contributed by atoms with E-state index in [0.717, 1.165) is 5.56 Å². The maximum Gasteiger partial charge on any atom is 0.377 e. The molecule has 0 fully saturated rings. The van der Waals surface area contributed by atoms with Crippen LogP contribution in [0.15, 0.2) is 84.9 Å². The molecule has 3 aromatic carbocycles. The van der Waals surface area contributed by atoms with Gasteiger partial charge in [0.05, 0.1) is 16.9 Å². The maximum atomic E-state index is 14.1. The molecule has 2 atom stereocenters. The minimum atomic E-state index is -3.70. The topological polar surface area (TPSA) is 46.6 Å². The molecule has 0 aliphatic carbocycles. The number of para-hydroxylation sites is 1. The normalized spacial score (nSPS) is 19.9. The van der Waals surface area contributed by atoms with Crippen molar-refractivity contribution in [1.82, 2.24) is 4.67 Å². The van der Waals surface area contributed by atoms with Gasteiger partial charge in [0, 0.05) is 5.88 Å². The Balaban J connectivity index is 1.92. The first-order valence-electron chi connectivity index (χ1n) is 8.54. The zero-order valence-corrected chi connectivity index (χ0v) is 16.0. The molecule has 27 heavy (non-hydrogen) atoms. The van der Waals surface area contributed by atoms with E-state index in [1.165, 1.54) is 4.67 Å². The third-order valence-corrected chi connectivity index (χ3v) is 7.25. The zero-order chi connectivity index (χ0) is 18.9. The van der Waals surface area contributed by atoms with E-state index in [1.54, 1.807) is 48.5 Å². The summed E-state index contributed by atoms with van der Waals surface area (Å²) in [5, 5.41) is 0.457. The van der Waals surface area contributed by atoms with Crippen LogP contribution >= 0.6 is 19.1 Å². The van der Waals surface area contributed by atoms with Crippen molar-refractivity contribution >= 4 is 30.3 Å². The van der Waals surface area contributed by atoms with E-state index in [2.05, 4.69) is 0 Å². The average Bonchev–Trinajstić information content (AvgIpc) is 2.72. The highest BCUT2D eigenvalue weighted by Gasteiger charge is 2.48. The second kappa shape index (κ2) is 7.22. The SMILES string of the molecule is O=C1c2ccccc2OP(=O)(c2ccccc2)N1[C@H](CCl)c1ccccc1. The lowest BCUT2D eigenvalue weighted by Gasteiger charge is -2.40. The number of hydrogen-bond acceptors (Lipinski definition) is 3. The second-order valence-electron chi connectivity index (χ2n) is 6.17. The van der Waals surface area contributed by atoms with Crippen LogP contribution in [0.3, 0.4) is 0 Å². The summed E-state index contributed by atoms with van der Waals surface area (Å²) in [5.74, 6) is 0.0730. The second-order valence-corrected chi connectivity index (χ2v) is 8.65. The molecule has 0 saturated heterocycles. The molecule has 4 rings (SSSR count). The molecule has 4 nitrogen and oxygen atoms in total. The number of alkyl halides is 1. The van der Waals surface area contributed by atoms with Gasteiger partial charge in [0.15, 0.2) is 0 Å². The Morgan fingerprint density at radius 1 is 0.889 bits per heavy atom. The quantitative estimate of drug-likeness (QED) is 0.458. The molecule has 0 aromatic heterocycles. The first kappa shape index (κ1) is 17.8. The van der Waals surface area contributed by atoms with Crippen LogP contribution < -0.4 is 9.83 Å². The Morgan fingerprint density at radius 2 is 1.48 bits per heavy atom. The summed E-state index contributed by atoms with van der Waals surface area (Å²) < 4.78 is 21.5. The Morgan fingerprint density at radius 3 is 2.15 bits per heavy atom. The van der Waals surface area contributed by atoms with Crippen LogP contribution in [0.2, 0.25) is 0 Å². The number of benzene rings is 3. The number of halogens is 1. The molecule has 0 radical (unpaired) electrons. The van der Waals surface area contributed by atoms with E-state index >= 15 is 0 Å². The highest BCUT2D eigenvalue weighted by molar-refractivity contribution is 7.65. The van der Waals surface area contributed by atoms with E-state index in [1.807, 2.05) is 36.4 Å². The predicted octanol–water partition coefficient (Wildman–Crippen LogP) is 5.02. The lowest BCUT2D eigenvalue weighted by molar-refractivity contribution is 0.0798. The highest BCUT2D eigenvalue weighted by atomic mass is 35.5. The standard InChI is InChI=1S/C21H17ClNO3P/c22-15-19(16-9-3-1-4-10-16)23-21(24)18-13-7-8-14-20(18)26-27(23,25)17-11-5-2-6-12-17/h1-14,19H,15H2/t19-,27?/m1/s1. The lowest BCUT2D eigenvalue weighted by Crippen LogP contribution is -2.41. The summed E-state index contributed by atoms with van der Waals surface area (Å²) >= 11 is 6.27. The van der Waals surface area contributed by atoms with E-state index in [-0.39, 0.29) is 11.8 Å².